The van der Waals surface area contributed by atoms with Crippen LogP contribution in [0.4, 0.5) is 5.69 Å². The molecule has 2 aromatic carbocycles. The topological polar surface area (TPSA) is 68.8 Å². The van der Waals surface area contributed by atoms with Crippen LogP contribution in [0.2, 0.25) is 5.02 Å². The third-order valence-electron chi connectivity index (χ3n) is 4.10. The van der Waals surface area contributed by atoms with Crippen molar-refractivity contribution in [2.24, 2.45) is 0 Å². The number of aryl methyl sites for hydroxylation is 1. The highest BCUT2D eigenvalue weighted by Crippen LogP contribution is 2.28. The summed E-state index contributed by atoms with van der Waals surface area (Å²) in [6.45, 7) is 2.72. The highest BCUT2D eigenvalue weighted by Gasteiger charge is 2.12. The van der Waals surface area contributed by atoms with E-state index in [4.69, 9.17) is 38.0 Å². The summed E-state index contributed by atoms with van der Waals surface area (Å²) in [7, 11) is 3.24. The average Bonchev–Trinajstić information content (AvgIpc) is 2.72. The number of ether oxygens (including phenoxy) is 3. The van der Waals surface area contributed by atoms with Crippen LogP contribution in [0.3, 0.4) is 0 Å². The molecule has 0 unspecified atom stereocenters. The number of nitrogens with one attached hydrogen (secondary N) is 2. The molecule has 0 aliphatic heterocycles. The average molecular weight is 437 g/mol. The van der Waals surface area contributed by atoms with Gasteiger partial charge in [-0.2, -0.15) is 0 Å². The number of halogens is 1. The summed E-state index contributed by atoms with van der Waals surface area (Å²) < 4.78 is 15.6. The van der Waals surface area contributed by atoms with E-state index in [1.54, 1.807) is 39.3 Å². The van der Waals surface area contributed by atoms with E-state index in [0.717, 1.165) is 24.2 Å². The molecule has 2 aromatic rings. The zero-order valence-corrected chi connectivity index (χ0v) is 18.3. The lowest BCUT2D eigenvalue weighted by Crippen LogP contribution is -2.29. The second-order valence-corrected chi connectivity index (χ2v) is 6.90. The van der Waals surface area contributed by atoms with Crippen LogP contribution in [-0.2, 0) is 11.2 Å². The molecule has 0 saturated heterocycles. The van der Waals surface area contributed by atoms with Gasteiger partial charge in [-0.05, 0) is 67.9 Å². The lowest BCUT2D eigenvalue weighted by Gasteiger charge is -2.13. The molecule has 2 rings (SSSR count). The third kappa shape index (κ3) is 6.80. The van der Waals surface area contributed by atoms with Gasteiger partial charge in [-0.1, -0.05) is 17.7 Å². The highest BCUT2D eigenvalue weighted by molar-refractivity contribution is 7.80. The number of carbonyl (C=O) groups is 1. The SMILES string of the molecule is CCOC(=O)c1cc(NC(=S)NCCCc2ccc(OC)c(OC)c2)ccc1Cl. The van der Waals surface area contributed by atoms with Crippen LogP contribution in [0.25, 0.3) is 0 Å². The minimum Gasteiger partial charge on any atom is -0.493 e. The molecule has 0 radical (unpaired) electrons. The van der Waals surface area contributed by atoms with E-state index in [1.807, 2.05) is 18.2 Å². The van der Waals surface area contributed by atoms with E-state index in [2.05, 4.69) is 10.6 Å². The van der Waals surface area contributed by atoms with Gasteiger partial charge in [0.15, 0.2) is 16.6 Å². The Balaban J connectivity index is 1.83. The minimum absolute atomic E-state index is 0.285. The first-order valence-corrected chi connectivity index (χ1v) is 9.99. The van der Waals surface area contributed by atoms with Crippen molar-refractivity contribution >= 4 is 40.6 Å². The predicted octanol–water partition coefficient (Wildman–Crippen LogP) is 4.45. The lowest BCUT2D eigenvalue weighted by molar-refractivity contribution is 0.0526. The Bertz CT molecular complexity index is 861. The second kappa shape index (κ2) is 11.5. The Morgan fingerprint density at radius 2 is 1.86 bits per heavy atom. The van der Waals surface area contributed by atoms with Crippen LogP contribution >= 0.6 is 23.8 Å². The maximum atomic E-state index is 11.9. The number of hydrogen-bond donors (Lipinski definition) is 2. The lowest BCUT2D eigenvalue weighted by atomic mass is 10.1. The van der Waals surface area contributed by atoms with Gasteiger partial charge in [0.1, 0.15) is 0 Å². The van der Waals surface area contributed by atoms with E-state index in [1.165, 1.54) is 0 Å². The molecule has 0 heterocycles. The summed E-state index contributed by atoms with van der Waals surface area (Å²) in [5.74, 6) is 0.968. The number of benzene rings is 2. The molecule has 0 atom stereocenters. The maximum absolute atomic E-state index is 11.9. The van der Waals surface area contributed by atoms with Crippen molar-refractivity contribution in [1.29, 1.82) is 0 Å². The molecule has 0 spiro atoms. The molecule has 0 amide bonds. The molecule has 0 aromatic heterocycles. The molecule has 0 aliphatic rings. The first kappa shape index (κ1) is 22.8. The summed E-state index contributed by atoms with van der Waals surface area (Å²) in [6.07, 6.45) is 1.75. The highest BCUT2D eigenvalue weighted by atomic mass is 35.5. The number of hydrogen-bond acceptors (Lipinski definition) is 5. The van der Waals surface area contributed by atoms with Crippen molar-refractivity contribution in [2.45, 2.75) is 19.8 Å². The fourth-order valence-electron chi connectivity index (χ4n) is 2.67. The van der Waals surface area contributed by atoms with Crippen molar-refractivity contribution < 1.29 is 19.0 Å². The van der Waals surface area contributed by atoms with E-state index in [-0.39, 0.29) is 6.61 Å². The fourth-order valence-corrected chi connectivity index (χ4v) is 3.09. The first-order chi connectivity index (χ1) is 14.0. The number of carbonyl (C=O) groups excluding carboxylic acids is 1. The molecule has 29 heavy (non-hydrogen) atoms. The molecule has 156 valence electrons. The fraction of sp³-hybridized carbons (Fsp3) is 0.333. The van der Waals surface area contributed by atoms with Crippen LogP contribution in [0.1, 0.15) is 29.3 Å². The summed E-state index contributed by atoms with van der Waals surface area (Å²) >= 11 is 11.4. The number of esters is 1. The number of methoxy groups -OCH3 is 2. The van der Waals surface area contributed by atoms with Gasteiger partial charge in [0.2, 0.25) is 0 Å². The first-order valence-electron chi connectivity index (χ1n) is 9.21. The number of rotatable bonds is 9. The quantitative estimate of drug-likeness (QED) is 0.342. The molecule has 0 saturated carbocycles. The molecular formula is C21H25ClN2O4S. The summed E-state index contributed by atoms with van der Waals surface area (Å²) in [5.41, 5.74) is 2.12. The van der Waals surface area contributed by atoms with Crippen molar-refractivity contribution in [3.8, 4) is 11.5 Å². The van der Waals surface area contributed by atoms with Crippen molar-refractivity contribution in [3.05, 3.63) is 52.5 Å². The minimum atomic E-state index is -0.463. The van der Waals surface area contributed by atoms with E-state index in [0.29, 0.717) is 33.7 Å². The van der Waals surface area contributed by atoms with Crippen LogP contribution in [-0.4, -0.2) is 38.5 Å². The van der Waals surface area contributed by atoms with Gasteiger partial charge < -0.3 is 24.8 Å². The molecule has 0 bridgehead atoms. The van der Waals surface area contributed by atoms with Crippen molar-refractivity contribution in [1.82, 2.24) is 5.32 Å². The molecule has 8 heteroatoms. The Labute approximate surface area is 181 Å². The Morgan fingerprint density at radius 3 is 2.55 bits per heavy atom. The van der Waals surface area contributed by atoms with Crippen LogP contribution < -0.4 is 20.1 Å². The van der Waals surface area contributed by atoms with Gasteiger partial charge in [-0.3, -0.25) is 0 Å². The van der Waals surface area contributed by atoms with Gasteiger partial charge in [-0.15, -0.1) is 0 Å². The Kier molecular flexibility index (Phi) is 9.02. The zero-order valence-electron chi connectivity index (χ0n) is 16.7. The monoisotopic (exact) mass is 436 g/mol. The normalized spacial score (nSPS) is 10.2. The number of thiocarbonyl (C=S) groups is 1. The summed E-state index contributed by atoms with van der Waals surface area (Å²) in [6, 6.07) is 10.9. The van der Waals surface area contributed by atoms with Gasteiger partial charge in [0.05, 0.1) is 31.4 Å². The standard InChI is InChI=1S/C21H25ClN2O4S/c1-4-28-20(25)16-13-15(8-9-17(16)22)24-21(29)23-11-5-6-14-7-10-18(26-2)19(12-14)27-3/h7-10,12-13H,4-6,11H2,1-3H3,(H2,23,24,29). The Morgan fingerprint density at radius 1 is 1.10 bits per heavy atom. The van der Waals surface area contributed by atoms with Gasteiger partial charge >= 0.3 is 5.97 Å². The molecule has 2 N–H and O–H groups in total. The Hall–Kier alpha value is -2.51. The third-order valence-corrected chi connectivity index (χ3v) is 4.67. The van der Waals surface area contributed by atoms with Gasteiger partial charge in [0.25, 0.3) is 0 Å². The van der Waals surface area contributed by atoms with Crippen LogP contribution in [0.15, 0.2) is 36.4 Å². The van der Waals surface area contributed by atoms with E-state index in [9.17, 15) is 4.79 Å². The number of anilines is 1. The predicted molar refractivity (Wildman–Crippen MR) is 119 cm³/mol. The largest absolute Gasteiger partial charge is 0.493 e. The summed E-state index contributed by atoms with van der Waals surface area (Å²) in [5, 5.41) is 7.02. The van der Waals surface area contributed by atoms with Crippen molar-refractivity contribution in [3.63, 3.8) is 0 Å². The maximum Gasteiger partial charge on any atom is 0.339 e. The van der Waals surface area contributed by atoms with Crippen LogP contribution in [0.5, 0.6) is 11.5 Å². The molecular weight excluding hydrogens is 412 g/mol. The van der Waals surface area contributed by atoms with Crippen molar-refractivity contribution in [2.75, 3.05) is 32.7 Å². The van der Waals surface area contributed by atoms with E-state index >= 15 is 0 Å². The molecule has 0 fully saturated rings. The van der Waals surface area contributed by atoms with E-state index < -0.39 is 5.97 Å². The smallest absolute Gasteiger partial charge is 0.339 e. The van der Waals surface area contributed by atoms with Gasteiger partial charge in [-0.25, -0.2) is 4.79 Å². The zero-order chi connectivity index (χ0) is 21.2. The second-order valence-electron chi connectivity index (χ2n) is 6.09. The van der Waals surface area contributed by atoms with Gasteiger partial charge in [0, 0.05) is 12.2 Å². The molecule has 0 aliphatic carbocycles. The summed E-state index contributed by atoms with van der Waals surface area (Å²) in [4.78, 5) is 11.9. The molecule has 6 nitrogen and oxygen atoms in total. The van der Waals surface area contributed by atoms with Crippen LogP contribution in [0, 0.1) is 0 Å².